The second-order valence-electron chi connectivity index (χ2n) is 4.63. The number of carbonyl (C=O) groups excluding carboxylic acids is 1. The molecule has 0 bridgehead atoms. The van der Waals surface area contributed by atoms with Gasteiger partial charge in [-0.15, -0.1) is 0 Å². The lowest BCUT2D eigenvalue weighted by atomic mass is 10.2. The topological polar surface area (TPSA) is 77.2 Å². The summed E-state index contributed by atoms with van der Waals surface area (Å²) >= 11 is 1.85. The molecule has 19 heavy (non-hydrogen) atoms. The summed E-state index contributed by atoms with van der Waals surface area (Å²) in [5.41, 5.74) is 6.54. The van der Waals surface area contributed by atoms with Gasteiger partial charge in [0.25, 0.3) is 0 Å². The third kappa shape index (κ3) is 3.32. The van der Waals surface area contributed by atoms with Crippen LogP contribution < -0.4 is 11.1 Å². The number of nitrogens with one attached hydrogen (secondary N) is 1. The van der Waals surface area contributed by atoms with Crippen molar-refractivity contribution in [1.29, 1.82) is 0 Å². The van der Waals surface area contributed by atoms with Crippen LogP contribution in [0.1, 0.15) is 30.1 Å². The first-order valence-electron chi connectivity index (χ1n) is 6.32. The van der Waals surface area contributed by atoms with Gasteiger partial charge in [-0.05, 0) is 32.1 Å². The van der Waals surface area contributed by atoms with Gasteiger partial charge in [-0.25, -0.2) is 9.78 Å². The van der Waals surface area contributed by atoms with Crippen molar-refractivity contribution in [2.75, 3.05) is 30.5 Å². The summed E-state index contributed by atoms with van der Waals surface area (Å²) in [6.07, 6.45) is 6.05. The Labute approximate surface area is 117 Å². The number of nitrogens with two attached hydrogens (primary N) is 1. The summed E-state index contributed by atoms with van der Waals surface area (Å²) in [5, 5.41) is 3.25. The molecule has 0 saturated heterocycles. The fraction of sp³-hybridized carbons (Fsp3) is 0.538. The number of esters is 1. The molecule has 104 valence electrons. The zero-order chi connectivity index (χ0) is 13.9. The Morgan fingerprint density at radius 1 is 1.63 bits per heavy atom. The van der Waals surface area contributed by atoms with Gasteiger partial charge in [0.1, 0.15) is 11.4 Å². The van der Waals surface area contributed by atoms with Gasteiger partial charge in [0, 0.05) is 11.3 Å². The van der Waals surface area contributed by atoms with Gasteiger partial charge in [-0.1, -0.05) is 0 Å². The number of anilines is 2. The molecule has 1 aliphatic carbocycles. The summed E-state index contributed by atoms with van der Waals surface area (Å²) in [4.78, 5) is 16.1. The van der Waals surface area contributed by atoms with Gasteiger partial charge in [-0.2, -0.15) is 11.8 Å². The third-order valence-corrected chi connectivity index (χ3v) is 4.64. The molecule has 1 aromatic rings. The molecule has 1 fully saturated rings. The smallest absolute Gasteiger partial charge is 0.341 e. The number of nitrogens with zero attached hydrogens (tertiary/aromatic N) is 1. The second kappa shape index (κ2) is 5.69. The molecule has 2 rings (SSSR count). The summed E-state index contributed by atoms with van der Waals surface area (Å²) < 4.78 is 5.32. The van der Waals surface area contributed by atoms with Gasteiger partial charge in [-0.3, -0.25) is 0 Å². The third-order valence-electron chi connectivity index (χ3n) is 3.22. The predicted molar refractivity (Wildman–Crippen MR) is 78.6 cm³/mol. The molecule has 0 aliphatic heterocycles. The predicted octanol–water partition coefficient (Wildman–Crippen LogP) is 2.15. The van der Waals surface area contributed by atoms with Crippen molar-refractivity contribution in [3.8, 4) is 0 Å². The van der Waals surface area contributed by atoms with Crippen molar-refractivity contribution >= 4 is 29.2 Å². The van der Waals surface area contributed by atoms with E-state index in [9.17, 15) is 4.79 Å². The monoisotopic (exact) mass is 281 g/mol. The molecule has 5 nitrogen and oxygen atoms in total. The van der Waals surface area contributed by atoms with E-state index in [4.69, 9.17) is 10.5 Å². The molecule has 6 heteroatoms. The maximum Gasteiger partial charge on any atom is 0.341 e. The van der Waals surface area contributed by atoms with E-state index in [1.165, 1.54) is 12.8 Å². The number of ether oxygens (including phenoxy) is 1. The van der Waals surface area contributed by atoms with Crippen molar-refractivity contribution in [3.05, 3.63) is 17.8 Å². The first-order chi connectivity index (χ1) is 9.10. The average Bonchev–Trinajstić information content (AvgIpc) is 3.18. The Kier molecular flexibility index (Phi) is 4.19. The fourth-order valence-electron chi connectivity index (χ4n) is 1.82. The number of hydrogen-bond acceptors (Lipinski definition) is 6. The molecule has 1 aromatic heterocycles. The molecule has 0 amide bonds. The average molecular weight is 281 g/mol. The standard InChI is InChI=1S/C13H19N3O2S/c1-3-18-12(17)10-6-9(14)7-15-11(10)16-8-13(19-2)4-5-13/h6-7H,3-5,8,14H2,1-2H3,(H,15,16). The van der Waals surface area contributed by atoms with Crippen LogP contribution in [0.2, 0.25) is 0 Å². The minimum absolute atomic E-state index is 0.301. The summed E-state index contributed by atoms with van der Waals surface area (Å²) in [5.74, 6) is 0.159. The molecule has 1 aliphatic rings. The van der Waals surface area contributed by atoms with Crippen molar-refractivity contribution in [3.63, 3.8) is 0 Å². The number of pyridine rings is 1. The van der Waals surface area contributed by atoms with E-state index in [0.29, 0.717) is 28.4 Å². The van der Waals surface area contributed by atoms with Crippen LogP contribution in [0, 0.1) is 0 Å². The van der Waals surface area contributed by atoms with Crippen molar-refractivity contribution < 1.29 is 9.53 Å². The number of nitrogen functional groups attached to an aromatic ring is 1. The number of carbonyl (C=O) groups is 1. The van der Waals surface area contributed by atoms with Crippen molar-refractivity contribution in [2.45, 2.75) is 24.5 Å². The summed E-state index contributed by atoms with van der Waals surface area (Å²) in [6, 6.07) is 1.60. The zero-order valence-electron chi connectivity index (χ0n) is 11.2. The molecule has 1 heterocycles. The largest absolute Gasteiger partial charge is 0.462 e. The first kappa shape index (κ1) is 14.0. The van der Waals surface area contributed by atoms with E-state index in [0.717, 1.165) is 6.54 Å². The summed E-state index contributed by atoms with van der Waals surface area (Å²) in [6.45, 7) is 2.91. The highest BCUT2D eigenvalue weighted by atomic mass is 32.2. The number of aromatic nitrogens is 1. The van der Waals surface area contributed by atoms with Crippen LogP contribution in [0.5, 0.6) is 0 Å². The van der Waals surface area contributed by atoms with Gasteiger partial charge in [0.2, 0.25) is 0 Å². The molecular formula is C13H19N3O2S. The van der Waals surface area contributed by atoms with E-state index in [1.807, 2.05) is 11.8 Å². The Morgan fingerprint density at radius 2 is 2.37 bits per heavy atom. The number of rotatable bonds is 6. The quantitative estimate of drug-likeness (QED) is 0.778. The first-order valence-corrected chi connectivity index (χ1v) is 7.54. The molecule has 0 aromatic carbocycles. The lowest BCUT2D eigenvalue weighted by Gasteiger charge is -2.15. The minimum Gasteiger partial charge on any atom is -0.462 e. The van der Waals surface area contributed by atoms with Crippen molar-refractivity contribution in [1.82, 2.24) is 4.98 Å². The normalized spacial score (nSPS) is 15.9. The Morgan fingerprint density at radius 3 is 2.95 bits per heavy atom. The van der Waals surface area contributed by atoms with Gasteiger partial charge in [0.15, 0.2) is 0 Å². The van der Waals surface area contributed by atoms with Crippen LogP contribution in [0.3, 0.4) is 0 Å². The van der Waals surface area contributed by atoms with E-state index >= 15 is 0 Å². The molecule has 0 unspecified atom stereocenters. The maximum atomic E-state index is 11.9. The van der Waals surface area contributed by atoms with E-state index in [2.05, 4.69) is 16.6 Å². The van der Waals surface area contributed by atoms with Gasteiger partial charge in [0.05, 0.1) is 18.5 Å². The zero-order valence-corrected chi connectivity index (χ0v) is 12.0. The number of hydrogen-bond donors (Lipinski definition) is 2. The molecule has 1 saturated carbocycles. The second-order valence-corrected chi connectivity index (χ2v) is 5.90. The van der Waals surface area contributed by atoms with Crippen LogP contribution in [-0.2, 0) is 4.74 Å². The Bertz CT molecular complexity index is 475. The van der Waals surface area contributed by atoms with Crippen LogP contribution >= 0.6 is 11.8 Å². The highest BCUT2D eigenvalue weighted by Crippen LogP contribution is 2.47. The lowest BCUT2D eigenvalue weighted by molar-refractivity contribution is 0.0527. The highest BCUT2D eigenvalue weighted by Gasteiger charge is 2.41. The SMILES string of the molecule is CCOC(=O)c1cc(N)cnc1NCC1(SC)CC1. The molecule has 3 N–H and O–H groups in total. The summed E-state index contributed by atoms with van der Waals surface area (Å²) in [7, 11) is 0. The van der Waals surface area contributed by atoms with Crippen LogP contribution in [-0.4, -0.2) is 35.1 Å². The maximum absolute atomic E-state index is 11.9. The van der Waals surface area contributed by atoms with Crippen LogP contribution in [0.25, 0.3) is 0 Å². The molecule has 0 atom stereocenters. The molecule has 0 radical (unpaired) electrons. The van der Waals surface area contributed by atoms with Crippen molar-refractivity contribution in [2.24, 2.45) is 0 Å². The van der Waals surface area contributed by atoms with Gasteiger partial charge >= 0.3 is 5.97 Å². The lowest BCUT2D eigenvalue weighted by Crippen LogP contribution is -2.20. The Hall–Kier alpha value is -1.43. The molecular weight excluding hydrogens is 262 g/mol. The van der Waals surface area contributed by atoms with Gasteiger partial charge < -0.3 is 15.8 Å². The highest BCUT2D eigenvalue weighted by molar-refractivity contribution is 8.00. The number of thioether (sulfide) groups is 1. The minimum atomic E-state index is -0.390. The Balaban J connectivity index is 2.12. The van der Waals surface area contributed by atoms with E-state index in [-0.39, 0.29) is 0 Å². The fourth-order valence-corrected chi connectivity index (χ4v) is 2.55. The van der Waals surface area contributed by atoms with E-state index in [1.54, 1.807) is 19.2 Å². The van der Waals surface area contributed by atoms with E-state index < -0.39 is 5.97 Å². The van der Waals surface area contributed by atoms with Crippen LogP contribution in [0.4, 0.5) is 11.5 Å². The van der Waals surface area contributed by atoms with Crippen LogP contribution in [0.15, 0.2) is 12.3 Å². The molecule has 0 spiro atoms.